The maximum atomic E-state index is 12.4. The van der Waals surface area contributed by atoms with E-state index in [1.54, 1.807) is 19.4 Å². The molecule has 1 aromatic carbocycles. The van der Waals surface area contributed by atoms with E-state index in [2.05, 4.69) is 27.1 Å². The van der Waals surface area contributed by atoms with E-state index < -0.39 is 11.0 Å². The third-order valence-electron chi connectivity index (χ3n) is 2.98. The predicted molar refractivity (Wildman–Crippen MR) is 93.1 cm³/mol. The largest absolute Gasteiger partial charge is 0.439 e. The lowest BCUT2D eigenvalue weighted by Crippen LogP contribution is -2.47. The molecule has 0 radical (unpaired) electrons. The number of rotatable bonds is 5. The van der Waals surface area contributed by atoms with Crippen molar-refractivity contribution in [2.45, 2.75) is 31.7 Å². The number of amides is 1. The summed E-state index contributed by atoms with van der Waals surface area (Å²) in [6.07, 6.45) is 3.48. The zero-order valence-electron chi connectivity index (χ0n) is 13.6. The van der Waals surface area contributed by atoms with E-state index in [-0.39, 0.29) is 11.9 Å². The number of nitrogens with one attached hydrogen (secondary N) is 1. The first kappa shape index (κ1) is 17.1. The lowest BCUT2D eigenvalue weighted by molar-refractivity contribution is -0.125. The first-order chi connectivity index (χ1) is 10.9. The van der Waals surface area contributed by atoms with E-state index in [1.807, 2.05) is 38.1 Å². The fraction of sp³-hybridized carbons (Fsp3) is 0.353. The summed E-state index contributed by atoms with van der Waals surface area (Å²) in [5.41, 5.74) is -0.586. The molecule has 0 saturated heterocycles. The molecule has 5 nitrogen and oxygen atoms in total. The molecule has 2 aromatic rings. The monoisotopic (exact) mass is 329 g/mol. The van der Waals surface area contributed by atoms with Crippen molar-refractivity contribution in [1.29, 1.82) is 0 Å². The summed E-state index contributed by atoms with van der Waals surface area (Å²) in [5, 5.41) is 3.77. The molecule has 0 aliphatic rings. The van der Waals surface area contributed by atoms with E-state index >= 15 is 0 Å². The Labute approximate surface area is 140 Å². The minimum absolute atomic E-state index is 0.178. The average Bonchev–Trinajstić information content (AvgIpc) is 2.51. The van der Waals surface area contributed by atoms with Gasteiger partial charge in [-0.05, 0) is 33.1 Å². The van der Waals surface area contributed by atoms with Gasteiger partial charge >= 0.3 is 6.01 Å². The molecular formula is C17H19N3O2S. The number of hydrogen-bond acceptors (Lipinski definition) is 5. The Morgan fingerprint density at radius 1 is 1.39 bits per heavy atom. The molecule has 120 valence electrons. The maximum absolute atomic E-state index is 12.4. The summed E-state index contributed by atoms with van der Waals surface area (Å²) in [5.74, 6) is 5.48. The highest BCUT2D eigenvalue weighted by Gasteiger charge is 2.26. The van der Waals surface area contributed by atoms with Crippen LogP contribution in [0.1, 0.15) is 20.8 Å². The summed E-state index contributed by atoms with van der Waals surface area (Å²) in [4.78, 5) is 20.8. The van der Waals surface area contributed by atoms with Gasteiger partial charge in [-0.1, -0.05) is 24.1 Å². The lowest BCUT2D eigenvalue weighted by atomic mass is 10.1. The molecule has 0 fully saturated rings. The van der Waals surface area contributed by atoms with Crippen molar-refractivity contribution < 1.29 is 9.53 Å². The van der Waals surface area contributed by atoms with E-state index in [1.165, 1.54) is 11.8 Å². The number of hydrogen-bond donors (Lipinski definition) is 1. The van der Waals surface area contributed by atoms with Crippen LogP contribution in [0.3, 0.4) is 0 Å². The highest BCUT2D eigenvalue weighted by molar-refractivity contribution is 7.99. The van der Waals surface area contributed by atoms with E-state index in [0.717, 1.165) is 10.9 Å². The predicted octanol–water partition coefficient (Wildman–Crippen LogP) is 2.62. The van der Waals surface area contributed by atoms with Gasteiger partial charge < -0.3 is 10.1 Å². The van der Waals surface area contributed by atoms with Crippen LogP contribution in [0.15, 0.2) is 30.5 Å². The van der Waals surface area contributed by atoms with E-state index in [9.17, 15) is 4.79 Å². The molecule has 23 heavy (non-hydrogen) atoms. The Kier molecular flexibility index (Phi) is 5.45. The highest BCUT2D eigenvalue weighted by Crippen LogP contribution is 2.17. The molecule has 0 aliphatic heterocycles. The number of benzene rings is 1. The minimum atomic E-state index is -0.742. The van der Waals surface area contributed by atoms with Crippen LogP contribution >= 0.6 is 11.8 Å². The summed E-state index contributed by atoms with van der Waals surface area (Å²) in [7, 11) is 0. The number of fused-ring (bicyclic) bond motifs is 1. The molecule has 1 atom stereocenters. The Bertz CT molecular complexity index is 765. The third kappa shape index (κ3) is 4.60. The lowest BCUT2D eigenvalue weighted by Gasteiger charge is -2.23. The van der Waals surface area contributed by atoms with Crippen LogP contribution in [0.5, 0.6) is 6.01 Å². The standard InChI is InChI=1S/C17H19N3O2S/c1-5-10-17(2,3)20-14(21)15(23-4)22-16-18-11-12-8-6-7-9-13(12)19-16/h6-9,11,15H,1-4H3,(H,20,21). The summed E-state index contributed by atoms with van der Waals surface area (Å²) in [6.45, 7) is 5.41. The van der Waals surface area contributed by atoms with Gasteiger partial charge in [-0.3, -0.25) is 4.79 Å². The fourth-order valence-electron chi connectivity index (χ4n) is 2.03. The van der Waals surface area contributed by atoms with Crippen LogP contribution in [-0.2, 0) is 4.79 Å². The first-order valence-corrected chi connectivity index (χ1v) is 8.41. The topological polar surface area (TPSA) is 64.1 Å². The van der Waals surface area contributed by atoms with Crippen LogP contribution in [0, 0.1) is 11.8 Å². The molecule has 6 heteroatoms. The van der Waals surface area contributed by atoms with Crippen molar-refractivity contribution in [3.05, 3.63) is 30.5 Å². The molecule has 0 bridgehead atoms. The second-order valence-corrected chi connectivity index (χ2v) is 6.29. The van der Waals surface area contributed by atoms with Crippen molar-refractivity contribution >= 4 is 28.6 Å². The van der Waals surface area contributed by atoms with Crippen molar-refractivity contribution in [2.75, 3.05) is 6.26 Å². The summed E-state index contributed by atoms with van der Waals surface area (Å²) in [6, 6.07) is 7.78. The van der Waals surface area contributed by atoms with Gasteiger partial charge in [-0.25, -0.2) is 4.98 Å². The Morgan fingerprint density at radius 2 is 2.13 bits per heavy atom. The van der Waals surface area contributed by atoms with Crippen LogP contribution in [0.4, 0.5) is 0 Å². The molecule has 1 amide bonds. The van der Waals surface area contributed by atoms with Crippen molar-refractivity contribution in [2.24, 2.45) is 0 Å². The van der Waals surface area contributed by atoms with Gasteiger partial charge in [0.2, 0.25) is 5.44 Å². The van der Waals surface area contributed by atoms with Gasteiger partial charge in [0.15, 0.2) is 0 Å². The van der Waals surface area contributed by atoms with Gasteiger partial charge in [0.05, 0.1) is 11.1 Å². The highest BCUT2D eigenvalue weighted by atomic mass is 32.2. The maximum Gasteiger partial charge on any atom is 0.318 e. The smallest absolute Gasteiger partial charge is 0.318 e. The Morgan fingerprint density at radius 3 is 2.83 bits per heavy atom. The zero-order chi connectivity index (χ0) is 16.9. The molecule has 1 heterocycles. The van der Waals surface area contributed by atoms with Gasteiger partial charge in [-0.2, -0.15) is 4.98 Å². The second kappa shape index (κ2) is 7.34. The van der Waals surface area contributed by atoms with Gasteiger partial charge in [0.25, 0.3) is 5.91 Å². The van der Waals surface area contributed by atoms with E-state index in [0.29, 0.717) is 0 Å². The molecule has 1 N–H and O–H groups in total. The number of carbonyl (C=O) groups is 1. The summed E-state index contributed by atoms with van der Waals surface area (Å²) < 4.78 is 5.64. The first-order valence-electron chi connectivity index (χ1n) is 7.12. The number of aromatic nitrogens is 2. The number of thioether (sulfide) groups is 1. The van der Waals surface area contributed by atoms with Crippen molar-refractivity contribution in [1.82, 2.24) is 15.3 Å². The van der Waals surface area contributed by atoms with E-state index in [4.69, 9.17) is 4.74 Å². The second-order valence-electron chi connectivity index (χ2n) is 5.39. The van der Waals surface area contributed by atoms with Gasteiger partial charge in [0.1, 0.15) is 0 Å². The number of para-hydroxylation sites is 1. The molecule has 1 aromatic heterocycles. The van der Waals surface area contributed by atoms with Gasteiger partial charge in [0, 0.05) is 11.6 Å². The minimum Gasteiger partial charge on any atom is -0.439 e. The van der Waals surface area contributed by atoms with Crippen LogP contribution in [0.25, 0.3) is 10.9 Å². The van der Waals surface area contributed by atoms with Crippen molar-refractivity contribution in [3.8, 4) is 17.9 Å². The number of ether oxygens (including phenoxy) is 1. The fourth-order valence-corrected chi connectivity index (χ4v) is 2.48. The average molecular weight is 329 g/mol. The van der Waals surface area contributed by atoms with Crippen LogP contribution in [0.2, 0.25) is 0 Å². The Hall–Kier alpha value is -2.26. The number of nitrogens with zero attached hydrogens (tertiary/aromatic N) is 2. The Balaban J connectivity index is 2.13. The molecule has 0 spiro atoms. The zero-order valence-corrected chi connectivity index (χ0v) is 14.4. The third-order valence-corrected chi connectivity index (χ3v) is 3.72. The van der Waals surface area contributed by atoms with Gasteiger partial charge in [-0.15, -0.1) is 17.7 Å². The van der Waals surface area contributed by atoms with Crippen molar-refractivity contribution in [3.63, 3.8) is 0 Å². The SMILES string of the molecule is CC#CC(C)(C)NC(=O)C(Oc1ncc2ccccc2n1)SC. The molecular weight excluding hydrogens is 310 g/mol. The normalized spacial score (nSPS) is 12.2. The molecule has 0 saturated carbocycles. The number of carbonyl (C=O) groups excluding carboxylic acids is 1. The van der Waals surface area contributed by atoms with Crippen LogP contribution in [-0.4, -0.2) is 33.1 Å². The molecule has 2 rings (SSSR count). The summed E-state index contributed by atoms with van der Waals surface area (Å²) >= 11 is 1.27. The molecule has 0 aliphatic carbocycles. The quantitative estimate of drug-likeness (QED) is 0.675. The molecule has 1 unspecified atom stereocenters. The van der Waals surface area contributed by atoms with Crippen LogP contribution < -0.4 is 10.1 Å².